The molecule has 10 N–H and O–H groups in total. The maximum atomic E-state index is 9.77. The molecule has 0 heterocycles. The predicted octanol–water partition coefficient (Wildman–Crippen LogP) is -4.93. The summed E-state index contributed by atoms with van der Waals surface area (Å²) in [6.07, 6.45) is -5.49. The lowest BCUT2D eigenvalue weighted by molar-refractivity contribution is -0.165. The van der Waals surface area contributed by atoms with Crippen LogP contribution in [0.3, 0.4) is 0 Å². The molecule has 0 aromatic heterocycles. The average molecular weight is 378 g/mol. The maximum Gasteiger partial charge on any atom is 0.414 e. The van der Waals surface area contributed by atoms with E-state index in [2.05, 4.69) is 0 Å². The fraction of sp³-hybridized carbons (Fsp3) is 0.500. The van der Waals surface area contributed by atoms with Crippen LogP contribution in [0.1, 0.15) is 0 Å². The van der Waals surface area contributed by atoms with E-state index in [-0.39, 0.29) is 19.7 Å². The summed E-state index contributed by atoms with van der Waals surface area (Å²) in [6, 6.07) is 0. The lowest BCUT2D eigenvalue weighted by atomic mass is 10.2. The zero-order valence-electron chi connectivity index (χ0n) is 12.2. The highest BCUT2D eigenvalue weighted by molar-refractivity contribution is 6.27. The van der Waals surface area contributed by atoms with Crippen LogP contribution in [0.5, 0.6) is 0 Å². The minimum atomic E-state index is -2.27. The number of rotatable bonds is 5. The van der Waals surface area contributed by atoms with E-state index < -0.39 is 42.2 Å². The number of hydrogen-bond acceptors (Lipinski definition) is 10. The standard InChI is InChI=1S/C4H6O6.C3H8O3.C2H2O4.CH2O2/c5-1(3(7)8)2(6)4(9)10;4-1-3(6)2-5;3-1(4)2(5)6;2-1-3/h1-2,5-6H,(H,7,8)(H,9,10);3-6H,1-2H2;(H,3,4)(H,5,6);1H,(H,2,3)/t1-,2-;;;/m1.../s1. The zero-order chi connectivity index (χ0) is 21.2. The first-order valence-corrected chi connectivity index (χ1v) is 5.59. The summed E-state index contributed by atoms with van der Waals surface area (Å²) in [5, 5.41) is 78.2. The van der Waals surface area contributed by atoms with Crippen LogP contribution >= 0.6 is 0 Å². The Morgan fingerprint density at radius 2 is 0.920 bits per heavy atom. The molecule has 0 amide bonds. The smallest absolute Gasteiger partial charge is 0.414 e. The molecule has 0 aromatic carbocycles. The van der Waals surface area contributed by atoms with Gasteiger partial charge in [-0.05, 0) is 0 Å². The minimum absolute atomic E-state index is 0.250. The molecule has 0 aliphatic heterocycles. The van der Waals surface area contributed by atoms with Crippen molar-refractivity contribution in [3.63, 3.8) is 0 Å². The van der Waals surface area contributed by atoms with Crippen molar-refractivity contribution in [2.75, 3.05) is 13.2 Å². The molecule has 0 rings (SSSR count). The van der Waals surface area contributed by atoms with Gasteiger partial charge in [0.25, 0.3) is 6.47 Å². The second-order valence-corrected chi connectivity index (χ2v) is 3.30. The van der Waals surface area contributed by atoms with Crippen LogP contribution in [-0.2, 0) is 24.0 Å². The number of carbonyl (C=O) groups is 5. The fourth-order valence-electron chi connectivity index (χ4n) is 0.328. The topological polar surface area (TPSA) is 288 Å². The van der Waals surface area contributed by atoms with Crippen LogP contribution in [0.25, 0.3) is 0 Å². The first kappa shape index (κ1) is 30.1. The molecule has 148 valence electrons. The first-order valence-electron chi connectivity index (χ1n) is 5.59. The molecule has 0 fully saturated rings. The lowest BCUT2D eigenvalue weighted by Crippen LogP contribution is -2.39. The molecular formula is C10H18O15. The third-order valence-corrected chi connectivity index (χ3v) is 1.41. The summed E-state index contributed by atoms with van der Waals surface area (Å²) in [6.45, 7) is -0.979. The van der Waals surface area contributed by atoms with Gasteiger partial charge < -0.3 is 51.1 Å². The van der Waals surface area contributed by atoms with Gasteiger partial charge in [0.05, 0.1) is 13.2 Å². The van der Waals surface area contributed by atoms with Crippen molar-refractivity contribution in [3.05, 3.63) is 0 Å². The van der Waals surface area contributed by atoms with Crippen molar-refractivity contribution >= 4 is 30.3 Å². The molecular weight excluding hydrogens is 360 g/mol. The van der Waals surface area contributed by atoms with Gasteiger partial charge in [0.15, 0.2) is 12.2 Å². The van der Waals surface area contributed by atoms with Crippen LogP contribution in [0, 0.1) is 0 Å². The molecule has 0 saturated carbocycles. The van der Waals surface area contributed by atoms with Gasteiger partial charge in [-0.15, -0.1) is 0 Å². The molecule has 0 bridgehead atoms. The van der Waals surface area contributed by atoms with Crippen molar-refractivity contribution in [2.45, 2.75) is 18.3 Å². The molecule has 25 heavy (non-hydrogen) atoms. The van der Waals surface area contributed by atoms with Crippen molar-refractivity contribution in [3.8, 4) is 0 Å². The van der Waals surface area contributed by atoms with Crippen LogP contribution in [0.15, 0.2) is 0 Å². The summed E-state index contributed by atoms with van der Waals surface area (Å²) >= 11 is 0. The Kier molecular flexibility index (Phi) is 23.1. The van der Waals surface area contributed by atoms with E-state index in [1.807, 2.05) is 0 Å². The van der Waals surface area contributed by atoms with E-state index in [4.69, 9.17) is 65.4 Å². The third kappa shape index (κ3) is 26.4. The monoisotopic (exact) mass is 378 g/mol. The second-order valence-electron chi connectivity index (χ2n) is 3.30. The average Bonchev–Trinajstić information content (AvgIpc) is 2.54. The maximum absolute atomic E-state index is 9.77. The van der Waals surface area contributed by atoms with E-state index in [1.165, 1.54) is 0 Å². The zero-order valence-corrected chi connectivity index (χ0v) is 12.2. The summed E-state index contributed by atoms with van der Waals surface area (Å²) in [5.41, 5.74) is 0. The van der Waals surface area contributed by atoms with Gasteiger partial charge in [-0.1, -0.05) is 0 Å². The van der Waals surface area contributed by atoms with E-state index in [9.17, 15) is 9.59 Å². The molecule has 0 aliphatic rings. The second kappa shape index (κ2) is 19.2. The van der Waals surface area contributed by atoms with E-state index in [0.29, 0.717) is 0 Å². The van der Waals surface area contributed by atoms with Crippen LogP contribution in [-0.4, -0.2) is 113 Å². The summed E-state index contributed by atoms with van der Waals surface area (Å²) in [5.74, 6) is -7.19. The molecule has 0 saturated heterocycles. The highest BCUT2D eigenvalue weighted by Gasteiger charge is 2.29. The van der Waals surface area contributed by atoms with Gasteiger partial charge in [0.2, 0.25) is 0 Å². The third-order valence-electron chi connectivity index (χ3n) is 1.41. The highest BCUT2D eigenvalue weighted by atomic mass is 16.4. The van der Waals surface area contributed by atoms with Crippen LogP contribution in [0.4, 0.5) is 0 Å². The molecule has 0 unspecified atom stereocenters. The van der Waals surface area contributed by atoms with Gasteiger partial charge in [0.1, 0.15) is 6.10 Å². The Morgan fingerprint density at radius 1 is 0.720 bits per heavy atom. The lowest BCUT2D eigenvalue weighted by Gasteiger charge is -2.07. The summed E-state index contributed by atoms with van der Waals surface area (Å²) in [4.78, 5) is 46.1. The molecule has 15 heteroatoms. The van der Waals surface area contributed by atoms with Crippen LogP contribution < -0.4 is 0 Å². The summed E-state index contributed by atoms with van der Waals surface area (Å²) < 4.78 is 0. The number of carboxylic acids is 4. The van der Waals surface area contributed by atoms with Crippen LogP contribution in [0.2, 0.25) is 0 Å². The van der Waals surface area contributed by atoms with Crippen molar-refractivity contribution in [2.24, 2.45) is 0 Å². The molecule has 15 nitrogen and oxygen atoms in total. The van der Waals surface area contributed by atoms with Crippen molar-refractivity contribution < 1.29 is 75.0 Å². The van der Waals surface area contributed by atoms with Gasteiger partial charge in [-0.2, -0.15) is 0 Å². The Balaban J connectivity index is -0.000000128. The number of carboxylic acid groups (broad SMARTS) is 5. The molecule has 0 aliphatic carbocycles. The number of aliphatic hydroxyl groups excluding tert-OH is 5. The first-order chi connectivity index (χ1) is 11.3. The fourth-order valence-corrected chi connectivity index (χ4v) is 0.328. The van der Waals surface area contributed by atoms with Crippen molar-refractivity contribution in [1.29, 1.82) is 0 Å². The SMILES string of the molecule is O=C(O)C(=O)O.O=C(O)[C@H](O)[C@@H](O)C(=O)O.O=CO.OCC(O)CO. The van der Waals surface area contributed by atoms with Crippen molar-refractivity contribution in [1.82, 2.24) is 0 Å². The molecule has 0 spiro atoms. The summed E-state index contributed by atoms with van der Waals surface area (Å²) in [7, 11) is 0. The number of aliphatic hydroxyl groups is 5. The predicted molar refractivity (Wildman–Crippen MR) is 71.4 cm³/mol. The highest BCUT2D eigenvalue weighted by Crippen LogP contribution is 1.92. The van der Waals surface area contributed by atoms with Gasteiger partial charge in [0, 0.05) is 0 Å². The molecule has 0 radical (unpaired) electrons. The van der Waals surface area contributed by atoms with E-state index in [0.717, 1.165) is 0 Å². The van der Waals surface area contributed by atoms with Gasteiger partial charge in [-0.3, -0.25) is 4.79 Å². The quantitative estimate of drug-likeness (QED) is 0.158. The molecule has 2 atom stereocenters. The minimum Gasteiger partial charge on any atom is -0.483 e. The Labute approximate surface area is 138 Å². The van der Waals surface area contributed by atoms with Gasteiger partial charge in [-0.25, -0.2) is 19.2 Å². The molecule has 0 aromatic rings. The normalized spacial score (nSPS) is 11.0. The Hall–Kier alpha value is -2.85. The Bertz CT molecular complexity index is 371. The largest absolute Gasteiger partial charge is 0.483 e. The Morgan fingerprint density at radius 3 is 0.960 bits per heavy atom. The van der Waals surface area contributed by atoms with Gasteiger partial charge >= 0.3 is 23.9 Å². The van der Waals surface area contributed by atoms with E-state index >= 15 is 0 Å². The number of hydrogen-bond donors (Lipinski definition) is 10. The van der Waals surface area contributed by atoms with E-state index in [1.54, 1.807) is 0 Å². The number of aliphatic carboxylic acids is 4.